The molecule has 0 aliphatic heterocycles. The second-order valence-corrected chi connectivity index (χ2v) is 4.09. The molecule has 18 heavy (non-hydrogen) atoms. The summed E-state index contributed by atoms with van der Waals surface area (Å²) in [6, 6.07) is 7.82. The van der Waals surface area contributed by atoms with Crippen molar-refractivity contribution in [2.24, 2.45) is 0 Å². The van der Waals surface area contributed by atoms with Crippen molar-refractivity contribution >= 4 is 5.97 Å². The Bertz CT molecular complexity index is 558. The fraction of sp³-hybridized carbons (Fsp3) is 0.214. The third kappa shape index (κ3) is 2.42. The summed E-state index contributed by atoms with van der Waals surface area (Å²) in [7, 11) is 0. The molecule has 94 valence electrons. The van der Waals surface area contributed by atoms with Gasteiger partial charge >= 0.3 is 5.97 Å². The molecule has 0 saturated heterocycles. The number of nitrogens with zero attached hydrogens (tertiary/aromatic N) is 1. The van der Waals surface area contributed by atoms with Crippen LogP contribution < -0.4 is 0 Å². The van der Waals surface area contributed by atoms with Gasteiger partial charge in [-0.05, 0) is 30.2 Å². The van der Waals surface area contributed by atoms with E-state index in [4.69, 9.17) is 5.11 Å². The highest BCUT2D eigenvalue weighted by Crippen LogP contribution is 2.15. The smallest absolute Gasteiger partial charge is 0.337 e. The minimum atomic E-state index is -0.912. The number of carbonyl (C=O) groups is 1. The first kappa shape index (κ1) is 12.4. The van der Waals surface area contributed by atoms with Crippen LogP contribution in [-0.2, 0) is 13.0 Å². The number of halogens is 1. The summed E-state index contributed by atoms with van der Waals surface area (Å²) in [4.78, 5) is 11.0. The van der Waals surface area contributed by atoms with Gasteiger partial charge in [0, 0.05) is 18.4 Å². The van der Waals surface area contributed by atoms with Crippen molar-refractivity contribution in [2.75, 3.05) is 0 Å². The van der Waals surface area contributed by atoms with E-state index >= 15 is 0 Å². The van der Waals surface area contributed by atoms with Gasteiger partial charge in [-0.1, -0.05) is 19.1 Å². The van der Waals surface area contributed by atoms with E-state index in [9.17, 15) is 9.18 Å². The van der Waals surface area contributed by atoms with E-state index < -0.39 is 5.97 Å². The third-order valence-corrected chi connectivity index (χ3v) is 2.91. The summed E-state index contributed by atoms with van der Waals surface area (Å²) in [5.74, 6) is -1.18. The van der Waals surface area contributed by atoms with Crippen molar-refractivity contribution in [3.05, 3.63) is 59.2 Å². The lowest BCUT2D eigenvalue weighted by Gasteiger charge is -2.08. The number of carboxylic acid groups (broad SMARTS) is 1. The first-order chi connectivity index (χ1) is 8.61. The molecule has 0 fully saturated rings. The maximum atomic E-state index is 12.8. The Morgan fingerprint density at radius 1 is 1.28 bits per heavy atom. The summed E-state index contributed by atoms with van der Waals surface area (Å²) in [5, 5.41) is 9.05. The summed E-state index contributed by atoms with van der Waals surface area (Å²) in [6.45, 7) is 2.47. The number of rotatable bonds is 4. The second-order valence-electron chi connectivity index (χ2n) is 4.09. The van der Waals surface area contributed by atoms with E-state index in [1.54, 1.807) is 24.4 Å². The molecule has 0 aliphatic carbocycles. The highest BCUT2D eigenvalue weighted by molar-refractivity contribution is 5.89. The van der Waals surface area contributed by atoms with E-state index in [0.717, 1.165) is 11.3 Å². The van der Waals surface area contributed by atoms with Gasteiger partial charge in [-0.25, -0.2) is 9.18 Å². The molecule has 0 aliphatic rings. The molecule has 1 aromatic heterocycles. The fourth-order valence-electron chi connectivity index (χ4n) is 2.03. The van der Waals surface area contributed by atoms with Gasteiger partial charge in [0.1, 0.15) is 5.82 Å². The van der Waals surface area contributed by atoms with Gasteiger partial charge in [0.25, 0.3) is 0 Å². The Labute approximate surface area is 104 Å². The molecule has 0 spiro atoms. The van der Waals surface area contributed by atoms with Crippen LogP contribution in [0.1, 0.15) is 28.5 Å². The van der Waals surface area contributed by atoms with Crippen LogP contribution in [0.4, 0.5) is 4.39 Å². The van der Waals surface area contributed by atoms with E-state index in [1.165, 1.54) is 12.1 Å². The normalized spacial score (nSPS) is 10.6. The van der Waals surface area contributed by atoms with Crippen molar-refractivity contribution in [3.63, 3.8) is 0 Å². The lowest BCUT2D eigenvalue weighted by atomic mass is 10.2. The van der Waals surface area contributed by atoms with Crippen LogP contribution in [0.25, 0.3) is 0 Å². The predicted molar refractivity (Wildman–Crippen MR) is 66.3 cm³/mol. The molecule has 2 rings (SSSR count). The Morgan fingerprint density at radius 3 is 2.50 bits per heavy atom. The first-order valence-electron chi connectivity index (χ1n) is 5.77. The van der Waals surface area contributed by atoms with Crippen LogP contribution >= 0.6 is 0 Å². The number of aromatic carboxylic acids is 1. The summed E-state index contributed by atoms with van der Waals surface area (Å²) < 4.78 is 14.7. The monoisotopic (exact) mass is 247 g/mol. The average molecular weight is 247 g/mol. The zero-order valence-electron chi connectivity index (χ0n) is 10.1. The Balaban J connectivity index is 2.29. The molecule has 1 N–H and O–H groups in total. The molecule has 0 atom stereocenters. The molecule has 0 saturated carbocycles. The summed E-state index contributed by atoms with van der Waals surface area (Å²) >= 11 is 0. The van der Waals surface area contributed by atoms with E-state index in [2.05, 4.69) is 0 Å². The molecule has 4 heteroatoms. The van der Waals surface area contributed by atoms with Crippen LogP contribution in [0.3, 0.4) is 0 Å². The Kier molecular flexibility index (Phi) is 3.46. The van der Waals surface area contributed by atoms with Crippen LogP contribution in [0.5, 0.6) is 0 Å². The highest BCUT2D eigenvalue weighted by Gasteiger charge is 2.13. The van der Waals surface area contributed by atoms with Gasteiger partial charge in [0.2, 0.25) is 0 Å². The number of hydrogen-bond donors (Lipinski definition) is 1. The topological polar surface area (TPSA) is 42.2 Å². The number of carboxylic acids is 1. The molecule has 1 aromatic carbocycles. The van der Waals surface area contributed by atoms with Crippen molar-refractivity contribution in [2.45, 2.75) is 19.9 Å². The number of benzene rings is 1. The van der Waals surface area contributed by atoms with Crippen LogP contribution in [-0.4, -0.2) is 15.6 Å². The van der Waals surface area contributed by atoms with Crippen molar-refractivity contribution < 1.29 is 14.3 Å². The predicted octanol–water partition coefficient (Wildman–Crippen LogP) is 2.94. The average Bonchev–Trinajstić information content (AvgIpc) is 2.75. The molecular formula is C14H14FNO2. The van der Waals surface area contributed by atoms with Gasteiger partial charge < -0.3 is 9.67 Å². The molecular weight excluding hydrogens is 233 g/mol. The molecule has 0 amide bonds. The van der Waals surface area contributed by atoms with Crippen molar-refractivity contribution in [1.29, 1.82) is 0 Å². The van der Waals surface area contributed by atoms with Crippen molar-refractivity contribution in [1.82, 2.24) is 4.57 Å². The number of aromatic nitrogens is 1. The zero-order valence-corrected chi connectivity index (χ0v) is 10.1. The molecule has 1 heterocycles. The van der Waals surface area contributed by atoms with E-state index in [0.29, 0.717) is 18.5 Å². The molecule has 3 nitrogen and oxygen atoms in total. The van der Waals surface area contributed by atoms with E-state index in [1.807, 2.05) is 11.5 Å². The van der Waals surface area contributed by atoms with Crippen molar-refractivity contribution in [3.8, 4) is 0 Å². The minimum Gasteiger partial charge on any atom is -0.478 e. The van der Waals surface area contributed by atoms with Gasteiger partial charge in [-0.15, -0.1) is 0 Å². The lowest BCUT2D eigenvalue weighted by molar-refractivity contribution is 0.0695. The van der Waals surface area contributed by atoms with E-state index in [-0.39, 0.29) is 5.82 Å². The van der Waals surface area contributed by atoms with Gasteiger partial charge in [-0.3, -0.25) is 0 Å². The fourth-order valence-corrected chi connectivity index (χ4v) is 2.03. The van der Waals surface area contributed by atoms with Crippen LogP contribution in [0, 0.1) is 5.82 Å². The van der Waals surface area contributed by atoms with Crippen LogP contribution in [0.15, 0.2) is 36.5 Å². The van der Waals surface area contributed by atoms with Gasteiger partial charge in [0.05, 0.1) is 5.56 Å². The quantitative estimate of drug-likeness (QED) is 0.902. The maximum Gasteiger partial charge on any atom is 0.337 e. The molecule has 2 aromatic rings. The highest BCUT2D eigenvalue weighted by atomic mass is 19.1. The standard InChI is InChI=1S/C14H14FNO2/c1-2-13-12(14(17)18)7-8-16(13)9-10-3-5-11(15)6-4-10/h3-8H,2,9H2,1H3,(H,17,18). The Morgan fingerprint density at radius 2 is 1.94 bits per heavy atom. The lowest BCUT2D eigenvalue weighted by Crippen LogP contribution is -2.06. The Hall–Kier alpha value is -2.10. The summed E-state index contributed by atoms with van der Waals surface area (Å²) in [5.41, 5.74) is 2.06. The summed E-state index contributed by atoms with van der Waals surface area (Å²) in [6.07, 6.45) is 2.40. The molecule has 0 radical (unpaired) electrons. The number of hydrogen-bond acceptors (Lipinski definition) is 1. The van der Waals surface area contributed by atoms with Gasteiger partial charge in [-0.2, -0.15) is 0 Å². The molecule has 0 unspecified atom stereocenters. The largest absolute Gasteiger partial charge is 0.478 e. The van der Waals surface area contributed by atoms with Gasteiger partial charge in [0.15, 0.2) is 0 Å². The SMILES string of the molecule is CCc1c(C(=O)O)ccn1Cc1ccc(F)cc1. The first-order valence-corrected chi connectivity index (χ1v) is 5.77. The zero-order chi connectivity index (χ0) is 13.1. The third-order valence-electron chi connectivity index (χ3n) is 2.91. The maximum absolute atomic E-state index is 12.8. The van der Waals surface area contributed by atoms with Crippen LogP contribution in [0.2, 0.25) is 0 Å². The molecule has 0 bridgehead atoms. The second kappa shape index (κ2) is 5.04. The minimum absolute atomic E-state index is 0.270.